The lowest BCUT2D eigenvalue weighted by atomic mass is 10.3. The highest BCUT2D eigenvalue weighted by atomic mass is 32.1. The second-order valence-electron chi connectivity index (χ2n) is 4.18. The van der Waals surface area contributed by atoms with Crippen LogP contribution in [0.3, 0.4) is 0 Å². The Balaban J connectivity index is 2.38. The van der Waals surface area contributed by atoms with Gasteiger partial charge >= 0.3 is 5.97 Å². The second kappa shape index (κ2) is 4.10. The van der Waals surface area contributed by atoms with E-state index in [4.69, 9.17) is 5.73 Å². The minimum atomic E-state index is -1.07. The zero-order valence-electron chi connectivity index (χ0n) is 10.1. The number of hydrogen-bond acceptors (Lipinski definition) is 4. The van der Waals surface area contributed by atoms with E-state index >= 15 is 0 Å². The molecule has 0 radical (unpaired) electrons. The van der Waals surface area contributed by atoms with Crippen molar-refractivity contribution in [3.8, 4) is 10.7 Å². The van der Waals surface area contributed by atoms with Gasteiger partial charge in [-0.1, -0.05) is 0 Å². The summed E-state index contributed by atoms with van der Waals surface area (Å²) in [5.41, 5.74) is 6.71. The Morgan fingerprint density at radius 3 is 2.84 bits per heavy atom. The quantitative estimate of drug-likeness (QED) is 0.752. The SMILES string of the molecule is Cc1ccc(-c2nc(C(=O)O)c3c(N)cccn23)s1. The fourth-order valence-corrected chi connectivity index (χ4v) is 2.90. The Morgan fingerprint density at radius 1 is 1.42 bits per heavy atom. The Bertz CT molecular complexity index is 788. The van der Waals surface area contributed by atoms with E-state index in [1.165, 1.54) is 0 Å². The highest BCUT2D eigenvalue weighted by Gasteiger charge is 2.20. The Labute approximate surface area is 112 Å². The highest BCUT2D eigenvalue weighted by molar-refractivity contribution is 7.15. The molecule has 0 atom stereocenters. The van der Waals surface area contributed by atoms with Crippen molar-refractivity contribution in [3.05, 3.63) is 41.0 Å². The lowest BCUT2D eigenvalue weighted by Gasteiger charge is -2.00. The number of aromatic nitrogens is 2. The van der Waals surface area contributed by atoms with E-state index in [0.29, 0.717) is 17.0 Å². The molecule has 0 aliphatic carbocycles. The Hall–Kier alpha value is -2.34. The summed E-state index contributed by atoms with van der Waals surface area (Å²) in [4.78, 5) is 17.6. The molecule has 3 rings (SSSR count). The zero-order valence-corrected chi connectivity index (χ0v) is 10.9. The number of aryl methyl sites for hydroxylation is 1. The summed E-state index contributed by atoms with van der Waals surface area (Å²) in [6.45, 7) is 2.00. The van der Waals surface area contributed by atoms with Crippen LogP contribution in [0.25, 0.3) is 16.2 Å². The predicted octanol–water partition coefficient (Wildman–Crippen LogP) is 2.65. The normalized spacial score (nSPS) is 11.0. The van der Waals surface area contributed by atoms with Gasteiger partial charge in [-0.25, -0.2) is 9.78 Å². The highest BCUT2D eigenvalue weighted by Crippen LogP contribution is 2.30. The summed E-state index contributed by atoms with van der Waals surface area (Å²) in [7, 11) is 0. The maximum Gasteiger partial charge on any atom is 0.356 e. The van der Waals surface area contributed by atoms with Crippen molar-refractivity contribution in [2.75, 3.05) is 5.73 Å². The number of thiophene rings is 1. The van der Waals surface area contributed by atoms with Crippen molar-refractivity contribution in [2.24, 2.45) is 0 Å². The van der Waals surface area contributed by atoms with Gasteiger partial charge in [0, 0.05) is 11.1 Å². The van der Waals surface area contributed by atoms with Crippen LogP contribution < -0.4 is 5.73 Å². The summed E-state index contributed by atoms with van der Waals surface area (Å²) in [5, 5.41) is 9.24. The van der Waals surface area contributed by atoms with Crippen LogP contribution in [0, 0.1) is 6.92 Å². The third-order valence-corrected chi connectivity index (χ3v) is 3.86. The van der Waals surface area contributed by atoms with E-state index in [1.54, 1.807) is 34.1 Å². The molecule has 19 heavy (non-hydrogen) atoms. The topological polar surface area (TPSA) is 80.6 Å². The summed E-state index contributed by atoms with van der Waals surface area (Å²) in [5.74, 6) is -0.465. The maximum atomic E-state index is 11.3. The van der Waals surface area contributed by atoms with Crippen LogP contribution in [-0.4, -0.2) is 20.5 Å². The fraction of sp³-hybridized carbons (Fsp3) is 0.0769. The second-order valence-corrected chi connectivity index (χ2v) is 5.47. The van der Waals surface area contributed by atoms with Gasteiger partial charge in [-0.3, -0.25) is 4.40 Å². The summed E-state index contributed by atoms with van der Waals surface area (Å²) in [6, 6.07) is 7.36. The average Bonchev–Trinajstić information content (AvgIpc) is 2.93. The van der Waals surface area contributed by atoms with E-state index in [0.717, 1.165) is 9.75 Å². The predicted molar refractivity (Wildman–Crippen MR) is 74.6 cm³/mol. The molecule has 3 N–H and O–H groups in total. The molecule has 0 saturated carbocycles. The number of anilines is 1. The maximum absolute atomic E-state index is 11.3. The number of nitrogens with zero attached hydrogens (tertiary/aromatic N) is 2. The zero-order chi connectivity index (χ0) is 13.6. The number of imidazole rings is 1. The first kappa shape index (κ1) is 11.7. The number of carbonyl (C=O) groups is 1. The van der Waals surface area contributed by atoms with E-state index in [-0.39, 0.29) is 5.69 Å². The van der Waals surface area contributed by atoms with Gasteiger partial charge in [0.15, 0.2) is 11.5 Å². The van der Waals surface area contributed by atoms with Gasteiger partial charge in [-0.15, -0.1) is 11.3 Å². The molecule has 6 heteroatoms. The first-order valence-corrected chi connectivity index (χ1v) is 6.46. The Morgan fingerprint density at radius 2 is 2.21 bits per heavy atom. The third kappa shape index (κ3) is 1.77. The first-order valence-electron chi connectivity index (χ1n) is 5.64. The average molecular weight is 273 g/mol. The first-order chi connectivity index (χ1) is 9.08. The van der Waals surface area contributed by atoms with Crippen LogP contribution in [0.5, 0.6) is 0 Å². The van der Waals surface area contributed by atoms with Gasteiger partial charge in [0.05, 0.1) is 10.6 Å². The number of nitrogens with two attached hydrogens (primary N) is 1. The van der Waals surface area contributed by atoms with E-state index in [2.05, 4.69) is 4.98 Å². The van der Waals surface area contributed by atoms with Gasteiger partial charge < -0.3 is 10.8 Å². The molecule has 3 heterocycles. The number of carboxylic acids is 1. The largest absolute Gasteiger partial charge is 0.476 e. The molecule has 0 aliphatic rings. The van der Waals surface area contributed by atoms with Crippen LogP contribution in [0.2, 0.25) is 0 Å². The third-order valence-electron chi connectivity index (χ3n) is 2.86. The van der Waals surface area contributed by atoms with Crippen molar-refractivity contribution >= 4 is 28.5 Å². The molecule has 0 bridgehead atoms. The molecule has 3 aromatic rings. The lowest BCUT2D eigenvalue weighted by molar-refractivity contribution is 0.0693. The molecule has 0 amide bonds. The van der Waals surface area contributed by atoms with E-state index < -0.39 is 5.97 Å². The van der Waals surface area contributed by atoms with E-state index in [1.807, 2.05) is 19.1 Å². The fourth-order valence-electron chi connectivity index (χ4n) is 2.04. The minimum absolute atomic E-state index is 0.0147. The summed E-state index contributed by atoms with van der Waals surface area (Å²) >= 11 is 1.57. The molecule has 5 nitrogen and oxygen atoms in total. The molecule has 0 aliphatic heterocycles. The van der Waals surface area contributed by atoms with Crippen molar-refractivity contribution in [1.29, 1.82) is 0 Å². The molecule has 0 saturated heterocycles. The van der Waals surface area contributed by atoms with Crippen LogP contribution in [0.1, 0.15) is 15.4 Å². The van der Waals surface area contributed by atoms with Crippen LogP contribution >= 0.6 is 11.3 Å². The summed E-state index contributed by atoms with van der Waals surface area (Å²) in [6.07, 6.45) is 1.77. The van der Waals surface area contributed by atoms with E-state index in [9.17, 15) is 9.90 Å². The van der Waals surface area contributed by atoms with Crippen molar-refractivity contribution in [1.82, 2.24) is 9.38 Å². The number of carboxylic acid groups (broad SMARTS) is 1. The van der Waals surface area contributed by atoms with Gasteiger partial charge in [-0.05, 0) is 31.2 Å². The van der Waals surface area contributed by atoms with Crippen LogP contribution in [0.15, 0.2) is 30.5 Å². The van der Waals surface area contributed by atoms with Crippen LogP contribution in [0.4, 0.5) is 5.69 Å². The number of rotatable bonds is 2. The monoisotopic (exact) mass is 273 g/mol. The van der Waals surface area contributed by atoms with Gasteiger partial charge in [0.1, 0.15) is 5.52 Å². The Kier molecular flexibility index (Phi) is 2.53. The van der Waals surface area contributed by atoms with Gasteiger partial charge in [0.2, 0.25) is 0 Å². The lowest BCUT2D eigenvalue weighted by Crippen LogP contribution is -2.00. The summed E-state index contributed by atoms with van der Waals surface area (Å²) < 4.78 is 1.73. The van der Waals surface area contributed by atoms with Gasteiger partial charge in [-0.2, -0.15) is 0 Å². The molecule has 0 spiro atoms. The van der Waals surface area contributed by atoms with Crippen molar-refractivity contribution < 1.29 is 9.90 Å². The van der Waals surface area contributed by atoms with Crippen molar-refractivity contribution in [3.63, 3.8) is 0 Å². The number of pyridine rings is 1. The molecule has 0 unspecified atom stereocenters. The molecular formula is C13H11N3O2S. The van der Waals surface area contributed by atoms with Crippen LogP contribution in [-0.2, 0) is 0 Å². The molecule has 3 aromatic heterocycles. The molecule has 96 valence electrons. The van der Waals surface area contributed by atoms with Crippen molar-refractivity contribution in [2.45, 2.75) is 6.92 Å². The number of hydrogen-bond donors (Lipinski definition) is 2. The standard InChI is InChI=1S/C13H11N3O2S/c1-7-4-5-9(19-7)12-15-10(13(17)18)11-8(14)3-2-6-16(11)12/h2-6H,14H2,1H3,(H,17,18). The molecule has 0 aromatic carbocycles. The number of fused-ring (bicyclic) bond motifs is 1. The molecular weight excluding hydrogens is 262 g/mol. The van der Waals surface area contributed by atoms with Gasteiger partial charge in [0.25, 0.3) is 0 Å². The number of aromatic carboxylic acids is 1. The number of nitrogen functional groups attached to an aromatic ring is 1. The minimum Gasteiger partial charge on any atom is -0.476 e. The smallest absolute Gasteiger partial charge is 0.356 e. The molecule has 0 fully saturated rings.